The summed E-state index contributed by atoms with van der Waals surface area (Å²) in [4.78, 5) is 0. The molecule has 0 bridgehead atoms. The molecule has 0 aromatic carbocycles. The minimum atomic E-state index is 0.279. The lowest BCUT2D eigenvalue weighted by Crippen LogP contribution is -2.27. The predicted octanol–water partition coefficient (Wildman–Crippen LogP) is 2.94. The highest BCUT2D eigenvalue weighted by Gasteiger charge is 2.60. The zero-order valence-electron chi connectivity index (χ0n) is 9.05. The minimum Gasteiger partial charge on any atom is -0.325 e. The molecule has 2 fully saturated rings. The fraction of sp³-hybridized carbons (Fsp3) is 1.00. The van der Waals surface area contributed by atoms with Crippen molar-refractivity contribution in [3.05, 3.63) is 0 Å². The van der Waals surface area contributed by atoms with Gasteiger partial charge in [0.25, 0.3) is 0 Å². The third-order valence-electron chi connectivity index (χ3n) is 4.19. The van der Waals surface area contributed by atoms with Crippen LogP contribution in [0.4, 0.5) is 0 Å². The summed E-state index contributed by atoms with van der Waals surface area (Å²) in [6, 6.07) is 0. The van der Waals surface area contributed by atoms with E-state index in [0.29, 0.717) is 0 Å². The van der Waals surface area contributed by atoms with Gasteiger partial charge in [-0.05, 0) is 43.4 Å². The van der Waals surface area contributed by atoms with Crippen LogP contribution in [0.1, 0.15) is 52.4 Å². The standard InChI is InChI=1S/C12H23N/c1-9(2)7-8-12(13)10-5-3-4-6-11(10)12/h9-11H,3-8,13H2,1-2H3. The number of fused-ring (bicyclic) bond motifs is 1. The van der Waals surface area contributed by atoms with Crippen molar-refractivity contribution in [2.75, 3.05) is 0 Å². The van der Waals surface area contributed by atoms with Gasteiger partial charge >= 0.3 is 0 Å². The second-order valence-corrected chi connectivity index (χ2v) is 5.54. The smallest absolute Gasteiger partial charge is 0.0218 e. The van der Waals surface area contributed by atoms with E-state index in [9.17, 15) is 0 Å². The molecule has 0 aromatic heterocycles. The maximum atomic E-state index is 6.44. The zero-order chi connectivity index (χ0) is 9.47. The molecule has 0 amide bonds. The van der Waals surface area contributed by atoms with Gasteiger partial charge in [0.15, 0.2) is 0 Å². The average Bonchev–Trinajstić information content (AvgIpc) is 2.71. The van der Waals surface area contributed by atoms with Gasteiger partial charge in [0.05, 0.1) is 0 Å². The van der Waals surface area contributed by atoms with Gasteiger partial charge in [-0.1, -0.05) is 26.7 Å². The molecule has 1 heteroatoms. The molecule has 0 spiro atoms. The van der Waals surface area contributed by atoms with Crippen molar-refractivity contribution in [3.8, 4) is 0 Å². The normalized spacial score (nSPS) is 43.4. The molecule has 2 unspecified atom stereocenters. The molecule has 1 nitrogen and oxygen atoms in total. The van der Waals surface area contributed by atoms with Crippen molar-refractivity contribution in [1.29, 1.82) is 0 Å². The van der Waals surface area contributed by atoms with Crippen molar-refractivity contribution in [2.45, 2.75) is 57.9 Å². The summed E-state index contributed by atoms with van der Waals surface area (Å²) >= 11 is 0. The average molecular weight is 181 g/mol. The first-order valence-electron chi connectivity index (χ1n) is 5.93. The van der Waals surface area contributed by atoms with E-state index >= 15 is 0 Å². The molecule has 2 saturated carbocycles. The molecule has 0 heterocycles. The molecule has 0 aliphatic heterocycles. The molecular weight excluding hydrogens is 158 g/mol. The Balaban J connectivity index is 1.85. The van der Waals surface area contributed by atoms with Crippen molar-refractivity contribution in [1.82, 2.24) is 0 Å². The van der Waals surface area contributed by atoms with Crippen LogP contribution in [0.2, 0.25) is 0 Å². The highest BCUT2D eigenvalue weighted by molar-refractivity contribution is 5.16. The SMILES string of the molecule is CC(C)CCC1(N)C2CCCCC21. The summed E-state index contributed by atoms with van der Waals surface area (Å²) in [5, 5.41) is 0. The highest BCUT2D eigenvalue weighted by Crippen LogP contribution is 2.59. The molecule has 0 aromatic rings. The first-order valence-corrected chi connectivity index (χ1v) is 5.93. The summed E-state index contributed by atoms with van der Waals surface area (Å²) in [7, 11) is 0. The Morgan fingerprint density at radius 3 is 2.23 bits per heavy atom. The number of hydrogen-bond acceptors (Lipinski definition) is 1. The lowest BCUT2D eigenvalue weighted by Gasteiger charge is -2.13. The Morgan fingerprint density at radius 2 is 1.77 bits per heavy atom. The predicted molar refractivity (Wildman–Crippen MR) is 56.4 cm³/mol. The van der Waals surface area contributed by atoms with Crippen LogP contribution in [0.3, 0.4) is 0 Å². The van der Waals surface area contributed by atoms with Crippen LogP contribution in [0.5, 0.6) is 0 Å². The number of rotatable bonds is 3. The van der Waals surface area contributed by atoms with E-state index in [1.54, 1.807) is 0 Å². The van der Waals surface area contributed by atoms with Gasteiger partial charge in [-0.2, -0.15) is 0 Å². The van der Waals surface area contributed by atoms with E-state index < -0.39 is 0 Å². The van der Waals surface area contributed by atoms with Gasteiger partial charge in [-0.15, -0.1) is 0 Å². The van der Waals surface area contributed by atoms with Gasteiger partial charge < -0.3 is 5.73 Å². The monoisotopic (exact) mass is 181 g/mol. The van der Waals surface area contributed by atoms with Crippen LogP contribution >= 0.6 is 0 Å². The Hall–Kier alpha value is -0.0400. The minimum absolute atomic E-state index is 0.279. The summed E-state index contributed by atoms with van der Waals surface area (Å²) in [6.45, 7) is 4.60. The summed E-state index contributed by atoms with van der Waals surface area (Å²) in [5.74, 6) is 2.63. The fourth-order valence-corrected chi connectivity index (χ4v) is 3.21. The molecular formula is C12H23N. The molecule has 0 saturated heterocycles. The van der Waals surface area contributed by atoms with E-state index in [4.69, 9.17) is 5.73 Å². The van der Waals surface area contributed by atoms with E-state index in [2.05, 4.69) is 13.8 Å². The lowest BCUT2D eigenvalue weighted by atomic mass is 9.99. The topological polar surface area (TPSA) is 26.0 Å². The van der Waals surface area contributed by atoms with Crippen LogP contribution in [-0.4, -0.2) is 5.54 Å². The lowest BCUT2D eigenvalue weighted by molar-refractivity contribution is 0.450. The molecule has 76 valence electrons. The molecule has 2 atom stereocenters. The first kappa shape index (κ1) is 9.51. The Kier molecular flexibility index (Phi) is 2.39. The van der Waals surface area contributed by atoms with Crippen LogP contribution in [0, 0.1) is 17.8 Å². The number of nitrogens with two attached hydrogens (primary N) is 1. The van der Waals surface area contributed by atoms with Crippen LogP contribution in [-0.2, 0) is 0 Å². The Morgan fingerprint density at radius 1 is 1.23 bits per heavy atom. The molecule has 2 aliphatic rings. The Bertz CT molecular complexity index is 174. The zero-order valence-corrected chi connectivity index (χ0v) is 9.05. The van der Waals surface area contributed by atoms with Crippen molar-refractivity contribution in [3.63, 3.8) is 0 Å². The van der Waals surface area contributed by atoms with Gasteiger partial charge in [-0.3, -0.25) is 0 Å². The van der Waals surface area contributed by atoms with Gasteiger partial charge in [0, 0.05) is 5.54 Å². The fourth-order valence-electron chi connectivity index (χ4n) is 3.21. The van der Waals surface area contributed by atoms with Crippen molar-refractivity contribution >= 4 is 0 Å². The van der Waals surface area contributed by atoms with Gasteiger partial charge in [0.1, 0.15) is 0 Å². The van der Waals surface area contributed by atoms with E-state index in [0.717, 1.165) is 17.8 Å². The highest BCUT2D eigenvalue weighted by atomic mass is 14.9. The van der Waals surface area contributed by atoms with Gasteiger partial charge in [0.2, 0.25) is 0 Å². The van der Waals surface area contributed by atoms with E-state index in [-0.39, 0.29) is 5.54 Å². The molecule has 2 rings (SSSR count). The third kappa shape index (κ3) is 1.63. The summed E-state index contributed by atoms with van der Waals surface area (Å²) < 4.78 is 0. The first-order chi connectivity index (χ1) is 6.14. The maximum Gasteiger partial charge on any atom is 0.0218 e. The number of hydrogen-bond donors (Lipinski definition) is 1. The van der Waals surface area contributed by atoms with Crippen LogP contribution < -0.4 is 5.73 Å². The van der Waals surface area contributed by atoms with Crippen LogP contribution in [0.15, 0.2) is 0 Å². The van der Waals surface area contributed by atoms with Crippen molar-refractivity contribution < 1.29 is 0 Å². The van der Waals surface area contributed by atoms with Gasteiger partial charge in [-0.25, -0.2) is 0 Å². The second-order valence-electron chi connectivity index (χ2n) is 5.54. The van der Waals surface area contributed by atoms with Crippen molar-refractivity contribution in [2.24, 2.45) is 23.5 Å². The second kappa shape index (κ2) is 3.27. The Labute approximate surface area is 82.1 Å². The molecule has 2 aliphatic carbocycles. The van der Waals surface area contributed by atoms with E-state index in [1.165, 1.54) is 38.5 Å². The summed E-state index contributed by atoms with van der Waals surface area (Å²) in [5.41, 5.74) is 6.72. The quantitative estimate of drug-likeness (QED) is 0.711. The molecule has 2 N–H and O–H groups in total. The maximum absolute atomic E-state index is 6.44. The largest absolute Gasteiger partial charge is 0.325 e. The molecule has 0 radical (unpaired) electrons. The van der Waals surface area contributed by atoms with E-state index in [1.807, 2.05) is 0 Å². The van der Waals surface area contributed by atoms with Crippen LogP contribution in [0.25, 0.3) is 0 Å². The molecule has 13 heavy (non-hydrogen) atoms. The summed E-state index contributed by atoms with van der Waals surface area (Å²) in [6.07, 6.45) is 8.30. The third-order valence-corrected chi connectivity index (χ3v) is 4.19.